The standard InChI is InChI=1S/C36H32N4O2/c41-32-24-31(27-17-9-3-10-18-27)38-36-34(35(39(32)38)28-19-11-4-12-20-28)29(22-21-25-13-5-1-6-14-25)37-30(23-33(42)40(36)37)26-15-7-2-8-16-26/h1-22,29-31,34-36H,23-24H2/b22-21+/t29-,30+,31-,34+,35+,36+/m0/s1. The van der Waals surface area contributed by atoms with Crippen molar-refractivity contribution in [1.82, 2.24) is 20.0 Å². The van der Waals surface area contributed by atoms with Crippen molar-refractivity contribution in [2.75, 3.05) is 0 Å². The number of benzene rings is 4. The van der Waals surface area contributed by atoms with Gasteiger partial charge < -0.3 is 0 Å². The van der Waals surface area contributed by atoms with Gasteiger partial charge in [0, 0.05) is 18.8 Å². The lowest BCUT2D eigenvalue weighted by atomic mass is 9.84. The zero-order valence-corrected chi connectivity index (χ0v) is 23.2. The minimum atomic E-state index is -0.279. The molecule has 0 aliphatic carbocycles. The summed E-state index contributed by atoms with van der Waals surface area (Å²) in [6.45, 7) is 0. The van der Waals surface area contributed by atoms with Gasteiger partial charge in [-0.1, -0.05) is 133 Å². The average Bonchev–Trinajstić information content (AvgIpc) is 3.76. The summed E-state index contributed by atoms with van der Waals surface area (Å²) in [4.78, 5) is 28.0. The molecule has 0 N–H and O–H groups in total. The van der Waals surface area contributed by atoms with Gasteiger partial charge in [-0.05, 0) is 22.3 Å². The predicted octanol–water partition coefficient (Wildman–Crippen LogP) is 6.16. The Balaban J connectivity index is 1.31. The van der Waals surface area contributed by atoms with Crippen molar-refractivity contribution in [3.8, 4) is 0 Å². The van der Waals surface area contributed by atoms with Crippen molar-refractivity contribution in [2.45, 2.75) is 43.2 Å². The lowest BCUT2D eigenvalue weighted by molar-refractivity contribution is -0.163. The first-order valence-electron chi connectivity index (χ1n) is 14.8. The molecule has 0 bridgehead atoms. The highest BCUT2D eigenvalue weighted by Gasteiger charge is 2.68. The van der Waals surface area contributed by atoms with Crippen LogP contribution in [0.2, 0.25) is 0 Å². The Morgan fingerprint density at radius 3 is 1.60 bits per heavy atom. The van der Waals surface area contributed by atoms with Crippen molar-refractivity contribution < 1.29 is 9.59 Å². The number of hydrogen-bond acceptors (Lipinski definition) is 4. The van der Waals surface area contributed by atoms with Crippen molar-refractivity contribution >= 4 is 17.9 Å². The summed E-state index contributed by atoms with van der Waals surface area (Å²) in [7, 11) is 0. The Bertz CT molecular complexity index is 1630. The number of amides is 2. The Morgan fingerprint density at radius 2 is 1.02 bits per heavy atom. The van der Waals surface area contributed by atoms with Crippen molar-refractivity contribution in [3.05, 3.63) is 150 Å². The third kappa shape index (κ3) is 3.86. The molecule has 0 spiro atoms. The molecule has 4 aliphatic heterocycles. The molecule has 0 radical (unpaired) electrons. The predicted molar refractivity (Wildman–Crippen MR) is 161 cm³/mol. The van der Waals surface area contributed by atoms with Crippen LogP contribution >= 0.6 is 0 Å². The lowest BCUT2D eigenvalue weighted by Crippen LogP contribution is -2.50. The first-order valence-corrected chi connectivity index (χ1v) is 14.8. The Labute approximate surface area is 246 Å². The van der Waals surface area contributed by atoms with Gasteiger partial charge in [0.1, 0.15) is 6.17 Å². The van der Waals surface area contributed by atoms with Crippen LogP contribution in [0.15, 0.2) is 127 Å². The topological polar surface area (TPSA) is 47.1 Å². The molecule has 0 saturated carbocycles. The molecule has 2 amide bonds. The van der Waals surface area contributed by atoms with E-state index in [1.807, 2.05) is 82.8 Å². The summed E-state index contributed by atoms with van der Waals surface area (Å²) < 4.78 is 0. The van der Waals surface area contributed by atoms with Crippen LogP contribution in [0.1, 0.15) is 53.2 Å². The number of fused-ring (bicyclic) bond motifs is 5. The highest BCUT2D eigenvalue weighted by Crippen LogP contribution is 2.59. The first-order chi connectivity index (χ1) is 20.7. The van der Waals surface area contributed by atoms with Gasteiger partial charge in [-0.2, -0.15) is 5.01 Å². The van der Waals surface area contributed by atoms with E-state index in [2.05, 4.69) is 70.7 Å². The molecule has 6 heteroatoms. The smallest absolute Gasteiger partial charge is 0.240 e. The van der Waals surface area contributed by atoms with Crippen LogP contribution in [0, 0.1) is 5.92 Å². The zero-order valence-electron chi connectivity index (χ0n) is 23.2. The second kappa shape index (κ2) is 10.1. The highest BCUT2D eigenvalue weighted by atomic mass is 16.2. The fourth-order valence-electron chi connectivity index (χ4n) is 7.72. The molecule has 208 valence electrons. The Kier molecular flexibility index (Phi) is 6.05. The van der Waals surface area contributed by atoms with Crippen LogP contribution < -0.4 is 0 Å². The molecular weight excluding hydrogens is 520 g/mol. The van der Waals surface area contributed by atoms with E-state index in [0.29, 0.717) is 12.8 Å². The molecule has 4 aromatic carbocycles. The molecule has 4 saturated heterocycles. The van der Waals surface area contributed by atoms with Gasteiger partial charge in [0.15, 0.2) is 0 Å². The molecule has 4 aromatic rings. The molecule has 4 heterocycles. The summed E-state index contributed by atoms with van der Waals surface area (Å²) in [5, 5.41) is 8.57. The van der Waals surface area contributed by atoms with Gasteiger partial charge in [0.2, 0.25) is 11.8 Å². The summed E-state index contributed by atoms with van der Waals surface area (Å²) in [5.74, 6) is 0.170. The van der Waals surface area contributed by atoms with Gasteiger partial charge in [0.25, 0.3) is 0 Å². The van der Waals surface area contributed by atoms with Crippen molar-refractivity contribution in [3.63, 3.8) is 0 Å². The van der Waals surface area contributed by atoms with E-state index in [4.69, 9.17) is 0 Å². The number of carbonyl (C=O) groups is 2. The highest BCUT2D eigenvalue weighted by molar-refractivity contribution is 5.82. The maximum atomic E-state index is 14.1. The largest absolute Gasteiger partial charge is 0.273 e. The third-order valence-corrected chi connectivity index (χ3v) is 9.37. The van der Waals surface area contributed by atoms with Crippen LogP contribution in [0.25, 0.3) is 6.08 Å². The molecule has 0 unspecified atom stereocenters. The van der Waals surface area contributed by atoms with E-state index < -0.39 is 0 Å². The van der Waals surface area contributed by atoms with E-state index >= 15 is 0 Å². The molecule has 4 aliphatic rings. The van der Waals surface area contributed by atoms with Crippen LogP contribution in [0.4, 0.5) is 0 Å². The van der Waals surface area contributed by atoms with Crippen LogP contribution in [0.5, 0.6) is 0 Å². The second-order valence-corrected chi connectivity index (χ2v) is 11.6. The fraction of sp³-hybridized carbons (Fsp3) is 0.222. The average molecular weight is 553 g/mol. The molecule has 6 nitrogen and oxygen atoms in total. The van der Waals surface area contributed by atoms with Crippen LogP contribution in [-0.2, 0) is 9.59 Å². The number of hydrogen-bond donors (Lipinski definition) is 0. The quantitative estimate of drug-likeness (QED) is 0.298. The van der Waals surface area contributed by atoms with Gasteiger partial charge in [-0.15, -0.1) is 0 Å². The monoisotopic (exact) mass is 552 g/mol. The molecule has 42 heavy (non-hydrogen) atoms. The lowest BCUT2D eigenvalue weighted by Gasteiger charge is -2.39. The van der Waals surface area contributed by atoms with Gasteiger partial charge in [-0.25, -0.2) is 5.01 Å². The molecule has 8 rings (SSSR count). The van der Waals surface area contributed by atoms with Gasteiger partial charge in [-0.3, -0.25) is 19.6 Å². The van der Waals surface area contributed by atoms with E-state index in [-0.39, 0.29) is 48.1 Å². The first kappa shape index (κ1) is 25.2. The summed E-state index contributed by atoms with van der Waals surface area (Å²) in [6.07, 6.45) is 4.97. The van der Waals surface area contributed by atoms with Crippen molar-refractivity contribution in [1.29, 1.82) is 0 Å². The maximum Gasteiger partial charge on any atom is 0.240 e. The molecule has 6 atom stereocenters. The number of rotatable bonds is 5. The van der Waals surface area contributed by atoms with E-state index in [1.54, 1.807) is 0 Å². The minimum absolute atomic E-state index is 0.0433. The second-order valence-electron chi connectivity index (χ2n) is 11.6. The SMILES string of the molecule is O=C1C[C@H](c2ccccc2)N2[C@@H](/C=C/c3ccccc3)[C@@H]3[C@@H](c4ccccc4)N4C(=O)C[C@@H](c5ccccc5)N4[C@@H]3N12. The Morgan fingerprint density at radius 1 is 0.548 bits per heavy atom. The fourth-order valence-corrected chi connectivity index (χ4v) is 7.72. The van der Waals surface area contributed by atoms with Crippen molar-refractivity contribution in [2.24, 2.45) is 5.92 Å². The normalized spacial score (nSPS) is 29.0. The van der Waals surface area contributed by atoms with Gasteiger partial charge in [0.05, 0.1) is 24.2 Å². The number of hydrazine groups is 2. The van der Waals surface area contributed by atoms with Crippen LogP contribution in [-0.4, -0.2) is 44.1 Å². The summed E-state index contributed by atoms with van der Waals surface area (Å²) in [5.41, 5.74) is 4.45. The number of nitrogens with zero attached hydrogens (tertiary/aromatic N) is 4. The third-order valence-electron chi connectivity index (χ3n) is 9.37. The molecule has 4 fully saturated rings. The summed E-state index contributed by atoms with van der Waals surface area (Å²) >= 11 is 0. The minimum Gasteiger partial charge on any atom is -0.273 e. The Hall–Kier alpha value is -4.52. The maximum absolute atomic E-state index is 14.1. The summed E-state index contributed by atoms with van der Waals surface area (Å²) in [6, 6.07) is 40.8. The number of carbonyl (C=O) groups excluding carboxylic acids is 2. The van der Waals surface area contributed by atoms with E-state index in [0.717, 1.165) is 22.3 Å². The molecule has 0 aromatic heterocycles. The zero-order chi connectivity index (χ0) is 28.2. The van der Waals surface area contributed by atoms with Gasteiger partial charge >= 0.3 is 0 Å². The molecular formula is C36H32N4O2. The van der Waals surface area contributed by atoms with Crippen LogP contribution in [0.3, 0.4) is 0 Å². The van der Waals surface area contributed by atoms with E-state index in [1.165, 1.54) is 0 Å². The van der Waals surface area contributed by atoms with E-state index in [9.17, 15) is 9.59 Å².